The van der Waals surface area contributed by atoms with Crippen molar-refractivity contribution in [2.45, 2.75) is 13.5 Å². The van der Waals surface area contributed by atoms with E-state index >= 15 is 0 Å². The number of aliphatic hydroxyl groups excluding tert-OH is 1. The number of aromatic amines is 1. The Hall–Kier alpha value is -3.29. The molecule has 0 aliphatic heterocycles. The van der Waals surface area contributed by atoms with Gasteiger partial charge in [-0.3, -0.25) is 9.48 Å². The molecule has 2 aromatic heterocycles. The first kappa shape index (κ1) is 14.6. The van der Waals surface area contributed by atoms with Crippen molar-refractivity contribution < 1.29 is 9.90 Å². The minimum absolute atomic E-state index is 0.115. The molecule has 0 saturated heterocycles. The van der Waals surface area contributed by atoms with Crippen LogP contribution in [0.15, 0.2) is 42.6 Å². The van der Waals surface area contributed by atoms with Gasteiger partial charge < -0.3 is 5.11 Å². The molecule has 8 heteroatoms. The highest BCUT2D eigenvalue weighted by Crippen LogP contribution is 2.11. The standard InChI is InChI=1S/C15H14N6O2/c1-10-2-4-11(5-3-10)9-21-7-6-12(18-21)13(22)8-14(23)15-16-19-20-17-15/h2-8,22H,9H2,1H3,(H,16,17,19,20). The highest BCUT2D eigenvalue weighted by molar-refractivity contribution is 6.04. The Balaban J connectivity index is 1.73. The molecule has 3 rings (SSSR count). The number of nitrogens with one attached hydrogen (secondary N) is 1. The molecular weight excluding hydrogens is 296 g/mol. The van der Waals surface area contributed by atoms with Crippen molar-refractivity contribution in [2.75, 3.05) is 0 Å². The van der Waals surface area contributed by atoms with Crippen molar-refractivity contribution in [1.82, 2.24) is 30.4 Å². The quantitative estimate of drug-likeness (QED) is 0.420. The fourth-order valence-electron chi connectivity index (χ4n) is 2.00. The average Bonchev–Trinajstić information content (AvgIpc) is 3.21. The van der Waals surface area contributed by atoms with Gasteiger partial charge in [-0.1, -0.05) is 29.8 Å². The molecule has 116 valence electrons. The molecule has 0 radical (unpaired) electrons. The van der Waals surface area contributed by atoms with Gasteiger partial charge in [-0.05, 0) is 23.8 Å². The van der Waals surface area contributed by atoms with Crippen molar-refractivity contribution >= 4 is 11.5 Å². The van der Waals surface area contributed by atoms with Gasteiger partial charge in [0.05, 0.1) is 6.54 Å². The van der Waals surface area contributed by atoms with E-state index in [4.69, 9.17) is 0 Å². The predicted octanol–water partition coefficient (Wildman–Crippen LogP) is 1.53. The molecular formula is C15H14N6O2. The van der Waals surface area contributed by atoms with E-state index in [1.54, 1.807) is 16.9 Å². The molecule has 8 nitrogen and oxygen atoms in total. The zero-order valence-electron chi connectivity index (χ0n) is 12.3. The fourth-order valence-corrected chi connectivity index (χ4v) is 2.00. The molecule has 0 aliphatic rings. The Morgan fingerprint density at radius 1 is 1.30 bits per heavy atom. The lowest BCUT2D eigenvalue weighted by atomic mass is 10.1. The lowest BCUT2D eigenvalue weighted by Crippen LogP contribution is -2.02. The number of rotatable bonds is 5. The summed E-state index contributed by atoms with van der Waals surface area (Å²) in [6.45, 7) is 2.60. The van der Waals surface area contributed by atoms with Crippen molar-refractivity contribution in [3.63, 3.8) is 0 Å². The van der Waals surface area contributed by atoms with Crippen LogP contribution in [0.3, 0.4) is 0 Å². The second kappa shape index (κ2) is 6.22. The second-order valence-corrected chi connectivity index (χ2v) is 5.01. The summed E-state index contributed by atoms with van der Waals surface area (Å²) in [4.78, 5) is 11.8. The normalized spacial score (nSPS) is 11.6. The molecule has 0 spiro atoms. The number of hydrogen-bond acceptors (Lipinski definition) is 6. The van der Waals surface area contributed by atoms with Crippen LogP contribution >= 0.6 is 0 Å². The Morgan fingerprint density at radius 2 is 2.09 bits per heavy atom. The van der Waals surface area contributed by atoms with Crippen LogP contribution in [-0.4, -0.2) is 41.3 Å². The smallest absolute Gasteiger partial charge is 0.244 e. The molecule has 0 saturated carbocycles. The number of tetrazole rings is 1. The number of aliphatic hydroxyl groups is 1. The van der Waals surface area contributed by atoms with E-state index in [1.165, 1.54) is 5.56 Å². The van der Waals surface area contributed by atoms with E-state index in [2.05, 4.69) is 25.7 Å². The topological polar surface area (TPSA) is 110 Å². The van der Waals surface area contributed by atoms with E-state index < -0.39 is 5.78 Å². The number of carbonyl (C=O) groups is 1. The summed E-state index contributed by atoms with van der Waals surface area (Å²) in [5.41, 5.74) is 2.58. The number of H-pyrrole nitrogens is 1. The first-order valence-corrected chi connectivity index (χ1v) is 6.89. The van der Waals surface area contributed by atoms with Gasteiger partial charge in [0.1, 0.15) is 11.5 Å². The SMILES string of the molecule is Cc1ccc(Cn2ccc(C(O)=CC(=O)c3nn[nH]n3)n2)cc1. The second-order valence-electron chi connectivity index (χ2n) is 5.01. The molecule has 23 heavy (non-hydrogen) atoms. The van der Waals surface area contributed by atoms with Gasteiger partial charge >= 0.3 is 0 Å². The highest BCUT2D eigenvalue weighted by Gasteiger charge is 2.12. The van der Waals surface area contributed by atoms with Crippen LogP contribution in [0.5, 0.6) is 0 Å². The summed E-state index contributed by atoms with van der Waals surface area (Å²) in [5.74, 6) is -0.914. The van der Waals surface area contributed by atoms with Gasteiger partial charge in [0, 0.05) is 12.3 Å². The minimum Gasteiger partial charge on any atom is -0.505 e. The van der Waals surface area contributed by atoms with Crippen LogP contribution in [0, 0.1) is 6.92 Å². The third kappa shape index (κ3) is 3.49. The van der Waals surface area contributed by atoms with Crippen molar-refractivity contribution in [3.8, 4) is 0 Å². The number of benzene rings is 1. The Morgan fingerprint density at radius 3 is 2.78 bits per heavy atom. The number of aryl methyl sites for hydroxylation is 1. The molecule has 0 atom stereocenters. The molecule has 0 unspecified atom stereocenters. The average molecular weight is 310 g/mol. The molecule has 0 amide bonds. The van der Waals surface area contributed by atoms with Crippen LogP contribution in [-0.2, 0) is 6.54 Å². The Bertz CT molecular complexity index is 833. The summed E-state index contributed by atoms with van der Waals surface area (Å²) < 4.78 is 1.68. The third-order valence-corrected chi connectivity index (χ3v) is 3.20. The maximum absolute atomic E-state index is 11.8. The number of allylic oxidation sites excluding steroid dienone is 1. The summed E-state index contributed by atoms with van der Waals surface area (Å²) >= 11 is 0. The van der Waals surface area contributed by atoms with Crippen molar-refractivity contribution in [3.05, 3.63) is 65.2 Å². The monoisotopic (exact) mass is 310 g/mol. The van der Waals surface area contributed by atoms with Crippen LogP contribution in [0.1, 0.15) is 27.4 Å². The van der Waals surface area contributed by atoms with E-state index in [1.807, 2.05) is 31.2 Å². The molecule has 0 fully saturated rings. The molecule has 0 bridgehead atoms. The fraction of sp³-hybridized carbons (Fsp3) is 0.133. The molecule has 0 aliphatic carbocycles. The third-order valence-electron chi connectivity index (χ3n) is 3.20. The van der Waals surface area contributed by atoms with Gasteiger partial charge in [0.2, 0.25) is 11.6 Å². The maximum atomic E-state index is 11.8. The molecule has 2 heterocycles. The Kier molecular flexibility index (Phi) is 3.96. The van der Waals surface area contributed by atoms with Crippen LogP contribution < -0.4 is 0 Å². The number of hydrogen-bond donors (Lipinski definition) is 2. The van der Waals surface area contributed by atoms with E-state index in [0.29, 0.717) is 12.2 Å². The van der Waals surface area contributed by atoms with Gasteiger partial charge in [0.25, 0.3) is 0 Å². The predicted molar refractivity (Wildman–Crippen MR) is 81.6 cm³/mol. The summed E-state index contributed by atoms with van der Waals surface area (Å²) in [5, 5.41) is 26.8. The van der Waals surface area contributed by atoms with Crippen molar-refractivity contribution in [1.29, 1.82) is 0 Å². The van der Waals surface area contributed by atoms with Crippen LogP contribution in [0.2, 0.25) is 0 Å². The first-order valence-electron chi connectivity index (χ1n) is 6.89. The lowest BCUT2D eigenvalue weighted by Gasteiger charge is -2.02. The molecule has 1 aromatic carbocycles. The Labute approximate surface area is 131 Å². The highest BCUT2D eigenvalue weighted by atomic mass is 16.3. The number of carbonyl (C=O) groups excluding carboxylic acids is 1. The first-order chi connectivity index (χ1) is 11.1. The summed E-state index contributed by atoms with van der Waals surface area (Å²) in [7, 11) is 0. The van der Waals surface area contributed by atoms with Gasteiger partial charge in [0.15, 0.2) is 0 Å². The summed E-state index contributed by atoms with van der Waals surface area (Å²) in [6, 6.07) is 9.73. The van der Waals surface area contributed by atoms with E-state index in [9.17, 15) is 9.90 Å². The van der Waals surface area contributed by atoms with E-state index in [0.717, 1.165) is 11.6 Å². The largest absolute Gasteiger partial charge is 0.505 e. The zero-order valence-corrected chi connectivity index (χ0v) is 12.3. The summed E-state index contributed by atoms with van der Waals surface area (Å²) in [6.07, 6.45) is 2.75. The van der Waals surface area contributed by atoms with Gasteiger partial charge in [-0.15, -0.1) is 10.2 Å². The number of ketones is 1. The van der Waals surface area contributed by atoms with Crippen LogP contribution in [0.25, 0.3) is 5.76 Å². The van der Waals surface area contributed by atoms with E-state index in [-0.39, 0.29) is 11.6 Å². The molecule has 3 aromatic rings. The van der Waals surface area contributed by atoms with Crippen LogP contribution in [0.4, 0.5) is 0 Å². The van der Waals surface area contributed by atoms with Crippen molar-refractivity contribution in [2.24, 2.45) is 0 Å². The zero-order chi connectivity index (χ0) is 16.2. The maximum Gasteiger partial charge on any atom is 0.244 e. The molecule has 2 N–H and O–H groups in total. The van der Waals surface area contributed by atoms with Gasteiger partial charge in [-0.2, -0.15) is 10.3 Å². The number of aromatic nitrogens is 6. The minimum atomic E-state index is -0.552. The number of nitrogens with zero attached hydrogens (tertiary/aromatic N) is 5. The van der Waals surface area contributed by atoms with Gasteiger partial charge in [-0.25, -0.2) is 0 Å². The lowest BCUT2D eigenvalue weighted by molar-refractivity contribution is 0.103.